The maximum Gasteiger partial charge on any atom is 0.169 e. The van der Waals surface area contributed by atoms with E-state index in [4.69, 9.17) is 9.47 Å². The molecule has 0 amide bonds. The molecule has 0 bridgehead atoms. The first kappa shape index (κ1) is 17.3. The van der Waals surface area contributed by atoms with Crippen LogP contribution in [0.2, 0.25) is 0 Å². The summed E-state index contributed by atoms with van der Waals surface area (Å²) in [6, 6.07) is 12.4. The average Bonchev–Trinajstić information content (AvgIpc) is 2.49. The molecular formula is C16H19ClFNO2. The van der Waals surface area contributed by atoms with Crippen LogP contribution < -0.4 is 27.2 Å². The van der Waals surface area contributed by atoms with Crippen LogP contribution in [0.3, 0.4) is 0 Å². The van der Waals surface area contributed by atoms with E-state index < -0.39 is 0 Å². The molecule has 0 unspecified atom stereocenters. The summed E-state index contributed by atoms with van der Waals surface area (Å²) in [6.45, 7) is 1.57. The Morgan fingerprint density at radius 3 is 2.29 bits per heavy atom. The van der Waals surface area contributed by atoms with Gasteiger partial charge in [0.05, 0.1) is 19.8 Å². The Kier molecular flexibility index (Phi) is 6.99. The summed E-state index contributed by atoms with van der Waals surface area (Å²) >= 11 is 0. The molecule has 0 heterocycles. The highest BCUT2D eigenvalue weighted by atomic mass is 35.5. The van der Waals surface area contributed by atoms with Crippen molar-refractivity contribution in [1.29, 1.82) is 0 Å². The molecule has 0 spiro atoms. The van der Waals surface area contributed by atoms with E-state index in [0.717, 1.165) is 35.7 Å². The van der Waals surface area contributed by atoms with Gasteiger partial charge in [-0.25, -0.2) is 4.39 Å². The molecule has 114 valence electrons. The second-order valence-corrected chi connectivity index (χ2v) is 4.48. The molecule has 0 fully saturated rings. The number of rotatable bonds is 6. The second kappa shape index (κ2) is 8.49. The molecule has 0 radical (unpaired) electrons. The minimum Gasteiger partial charge on any atom is -1.00 e. The van der Waals surface area contributed by atoms with Crippen molar-refractivity contribution in [2.75, 3.05) is 14.2 Å². The zero-order valence-corrected chi connectivity index (χ0v) is 12.9. The lowest BCUT2D eigenvalue weighted by Gasteiger charge is -2.11. The van der Waals surface area contributed by atoms with E-state index in [1.807, 2.05) is 18.2 Å². The van der Waals surface area contributed by atoms with Crippen LogP contribution in [0.15, 0.2) is 42.5 Å². The smallest absolute Gasteiger partial charge is 0.169 e. The SMILES string of the molecule is COc1cccc(C[NH2+]Cc2ccc(F)cc2)c1OC.[Cl-]. The van der Waals surface area contributed by atoms with Gasteiger partial charge in [0.2, 0.25) is 0 Å². The summed E-state index contributed by atoms with van der Waals surface area (Å²) in [6.07, 6.45) is 0. The van der Waals surface area contributed by atoms with Gasteiger partial charge in [-0.2, -0.15) is 0 Å². The predicted molar refractivity (Wildman–Crippen MR) is 75.3 cm³/mol. The normalized spacial score (nSPS) is 9.86. The maximum atomic E-state index is 12.8. The number of hydrogen-bond donors (Lipinski definition) is 1. The number of hydrogen-bond acceptors (Lipinski definition) is 2. The molecular weight excluding hydrogens is 293 g/mol. The van der Waals surface area contributed by atoms with Crippen molar-refractivity contribution >= 4 is 0 Å². The van der Waals surface area contributed by atoms with Gasteiger partial charge in [-0.05, 0) is 24.3 Å². The van der Waals surface area contributed by atoms with E-state index in [-0.39, 0.29) is 18.2 Å². The topological polar surface area (TPSA) is 35.1 Å². The lowest BCUT2D eigenvalue weighted by Crippen LogP contribution is -3.00. The first-order valence-corrected chi connectivity index (χ1v) is 6.50. The van der Waals surface area contributed by atoms with E-state index in [1.54, 1.807) is 26.4 Å². The Morgan fingerprint density at radius 1 is 0.952 bits per heavy atom. The van der Waals surface area contributed by atoms with E-state index in [2.05, 4.69) is 5.32 Å². The summed E-state index contributed by atoms with van der Waals surface area (Å²) in [7, 11) is 3.27. The molecule has 0 aliphatic carbocycles. The van der Waals surface area contributed by atoms with Crippen LogP contribution in [-0.2, 0) is 13.1 Å². The van der Waals surface area contributed by atoms with Crippen LogP contribution >= 0.6 is 0 Å². The first-order chi connectivity index (χ1) is 9.74. The van der Waals surface area contributed by atoms with Crippen LogP contribution in [0.4, 0.5) is 4.39 Å². The number of nitrogens with two attached hydrogens (primary N) is 1. The number of ether oxygens (including phenoxy) is 2. The van der Waals surface area contributed by atoms with Crippen molar-refractivity contribution in [2.45, 2.75) is 13.1 Å². The molecule has 0 atom stereocenters. The average molecular weight is 312 g/mol. The third-order valence-electron chi connectivity index (χ3n) is 3.14. The summed E-state index contributed by atoms with van der Waals surface area (Å²) in [5.41, 5.74) is 2.17. The van der Waals surface area contributed by atoms with Gasteiger partial charge in [-0.1, -0.05) is 18.2 Å². The van der Waals surface area contributed by atoms with E-state index >= 15 is 0 Å². The van der Waals surface area contributed by atoms with Gasteiger partial charge in [-0.15, -0.1) is 0 Å². The third-order valence-corrected chi connectivity index (χ3v) is 3.14. The summed E-state index contributed by atoms with van der Waals surface area (Å²) in [5, 5.41) is 2.14. The monoisotopic (exact) mass is 311 g/mol. The van der Waals surface area contributed by atoms with Crippen molar-refractivity contribution in [1.82, 2.24) is 0 Å². The fourth-order valence-corrected chi connectivity index (χ4v) is 2.13. The largest absolute Gasteiger partial charge is 1.00 e. The number of halogens is 2. The Balaban J connectivity index is 0.00000220. The molecule has 2 aromatic rings. The second-order valence-electron chi connectivity index (χ2n) is 4.48. The van der Waals surface area contributed by atoms with Crippen molar-refractivity contribution in [3.8, 4) is 11.5 Å². The predicted octanol–water partition coefficient (Wildman–Crippen LogP) is -0.889. The lowest BCUT2D eigenvalue weighted by molar-refractivity contribution is -0.686. The van der Waals surface area contributed by atoms with Crippen LogP contribution in [0.5, 0.6) is 11.5 Å². The van der Waals surface area contributed by atoms with Gasteiger partial charge in [-0.3, -0.25) is 0 Å². The molecule has 2 aromatic carbocycles. The van der Waals surface area contributed by atoms with Crippen molar-refractivity contribution in [2.24, 2.45) is 0 Å². The van der Waals surface area contributed by atoms with Crippen molar-refractivity contribution in [3.05, 3.63) is 59.4 Å². The zero-order chi connectivity index (χ0) is 14.4. The van der Waals surface area contributed by atoms with Crippen molar-refractivity contribution in [3.63, 3.8) is 0 Å². The molecule has 2 rings (SSSR count). The highest BCUT2D eigenvalue weighted by Crippen LogP contribution is 2.29. The van der Waals surface area contributed by atoms with Gasteiger partial charge >= 0.3 is 0 Å². The molecule has 2 N–H and O–H groups in total. The first-order valence-electron chi connectivity index (χ1n) is 6.50. The van der Waals surface area contributed by atoms with Gasteiger partial charge in [0.1, 0.15) is 18.9 Å². The van der Waals surface area contributed by atoms with Crippen molar-refractivity contribution < 1.29 is 31.6 Å². The Labute approximate surface area is 130 Å². The quantitative estimate of drug-likeness (QED) is 0.751. The zero-order valence-electron chi connectivity index (χ0n) is 12.1. The fraction of sp³-hybridized carbons (Fsp3) is 0.250. The Hall–Kier alpha value is -1.78. The minimum absolute atomic E-state index is 0. The standard InChI is InChI=1S/C16H18FNO2.ClH/c1-19-15-5-3-4-13(16(15)20-2)11-18-10-12-6-8-14(17)9-7-12;/h3-9,18H,10-11H2,1-2H3;1H. The van der Waals surface area contributed by atoms with Gasteiger partial charge in [0.15, 0.2) is 11.5 Å². The number of methoxy groups -OCH3 is 2. The number of benzene rings is 2. The molecule has 3 nitrogen and oxygen atoms in total. The molecule has 0 saturated heterocycles. The Bertz CT molecular complexity index is 561. The van der Waals surface area contributed by atoms with Gasteiger partial charge in [0, 0.05) is 5.56 Å². The van der Waals surface area contributed by atoms with Crippen LogP contribution in [0, 0.1) is 5.82 Å². The summed E-state index contributed by atoms with van der Waals surface area (Å²) < 4.78 is 23.5. The summed E-state index contributed by atoms with van der Waals surface area (Å²) in [4.78, 5) is 0. The van der Waals surface area contributed by atoms with E-state index in [0.29, 0.717) is 0 Å². The molecule has 0 aromatic heterocycles. The summed E-state index contributed by atoms with van der Waals surface area (Å²) in [5.74, 6) is 1.30. The molecule has 0 saturated carbocycles. The van der Waals surface area contributed by atoms with Crippen LogP contribution in [0.1, 0.15) is 11.1 Å². The van der Waals surface area contributed by atoms with E-state index in [9.17, 15) is 4.39 Å². The van der Waals surface area contributed by atoms with Crippen LogP contribution in [-0.4, -0.2) is 14.2 Å². The lowest BCUT2D eigenvalue weighted by atomic mass is 10.1. The van der Waals surface area contributed by atoms with E-state index in [1.165, 1.54) is 12.1 Å². The highest BCUT2D eigenvalue weighted by molar-refractivity contribution is 5.46. The van der Waals surface area contributed by atoms with Gasteiger partial charge < -0.3 is 27.2 Å². The highest BCUT2D eigenvalue weighted by Gasteiger charge is 2.10. The molecule has 21 heavy (non-hydrogen) atoms. The number of para-hydroxylation sites is 1. The molecule has 5 heteroatoms. The fourth-order valence-electron chi connectivity index (χ4n) is 2.13. The molecule has 0 aliphatic heterocycles. The van der Waals surface area contributed by atoms with Crippen LogP contribution in [0.25, 0.3) is 0 Å². The Morgan fingerprint density at radius 2 is 1.67 bits per heavy atom. The third kappa shape index (κ3) is 4.62. The van der Waals surface area contributed by atoms with Gasteiger partial charge in [0.25, 0.3) is 0 Å². The molecule has 0 aliphatic rings. The minimum atomic E-state index is -0.205. The number of quaternary nitrogens is 1. The maximum absolute atomic E-state index is 12.8.